The lowest BCUT2D eigenvalue weighted by molar-refractivity contribution is -0.00327. The fourth-order valence-electron chi connectivity index (χ4n) is 2.01. The van der Waals surface area contributed by atoms with Crippen LogP contribution in [-0.2, 0) is 4.74 Å². The molecule has 0 aromatic carbocycles. The maximum Gasteiger partial charge on any atom is 0.0587 e. The zero-order valence-electron chi connectivity index (χ0n) is 10.2. The lowest BCUT2D eigenvalue weighted by Gasteiger charge is -2.33. The van der Waals surface area contributed by atoms with Crippen molar-refractivity contribution >= 4 is 0 Å². The molecule has 15 heavy (non-hydrogen) atoms. The van der Waals surface area contributed by atoms with E-state index in [0.29, 0.717) is 24.1 Å². The van der Waals surface area contributed by atoms with E-state index in [1.807, 2.05) is 0 Å². The number of aliphatic hydroxyl groups excluding tert-OH is 1. The summed E-state index contributed by atoms with van der Waals surface area (Å²) in [6.07, 6.45) is 3.73. The molecular weight excluding hydrogens is 190 g/mol. The number of rotatable bonds is 5. The number of hydrogen-bond acceptors (Lipinski definition) is 3. The van der Waals surface area contributed by atoms with Gasteiger partial charge in [-0.05, 0) is 32.1 Å². The Bertz CT molecular complexity index is 175. The molecular formula is C12H25NO2. The third kappa shape index (κ3) is 4.09. The smallest absolute Gasteiger partial charge is 0.0587 e. The highest BCUT2D eigenvalue weighted by atomic mass is 16.5. The molecule has 4 atom stereocenters. The van der Waals surface area contributed by atoms with Gasteiger partial charge in [-0.1, -0.05) is 13.8 Å². The Labute approximate surface area is 93.2 Å². The summed E-state index contributed by atoms with van der Waals surface area (Å²) in [5.41, 5.74) is 0. The summed E-state index contributed by atoms with van der Waals surface area (Å²) in [7, 11) is 0. The van der Waals surface area contributed by atoms with E-state index in [-0.39, 0.29) is 6.61 Å². The molecule has 3 heteroatoms. The van der Waals surface area contributed by atoms with Crippen LogP contribution in [0.25, 0.3) is 0 Å². The SMILES string of the molecule is CCC1CC(NC(C)C(C)CO)CCO1. The van der Waals surface area contributed by atoms with Crippen molar-refractivity contribution in [2.24, 2.45) is 5.92 Å². The molecule has 1 aliphatic heterocycles. The second-order valence-electron chi connectivity index (χ2n) is 4.74. The molecule has 1 saturated heterocycles. The minimum Gasteiger partial charge on any atom is -0.396 e. The zero-order valence-corrected chi connectivity index (χ0v) is 10.2. The molecule has 2 N–H and O–H groups in total. The van der Waals surface area contributed by atoms with Gasteiger partial charge >= 0.3 is 0 Å². The standard InChI is InChI=1S/C12H25NO2/c1-4-12-7-11(5-6-15-12)13-10(3)9(2)8-14/h9-14H,4-8H2,1-3H3. The van der Waals surface area contributed by atoms with Crippen LogP contribution in [0, 0.1) is 5.92 Å². The largest absolute Gasteiger partial charge is 0.396 e. The van der Waals surface area contributed by atoms with Crippen LogP contribution in [0.1, 0.15) is 40.0 Å². The number of nitrogens with one attached hydrogen (secondary N) is 1. The highest BCUT2D eigenvalue weighted by molar-refractivity contribution is 4.80. The van der Waals surface area contributed by atoms with Crippen LogP contribution >= 0.6 is 0 Å². The Balaban J connectivity index is 2.31. The molecule has 0 aliphatic carbocycles. The molecule has 1 heterocycles. The predicted octanol–water partition coefficient (Wildman–Crippen LogP) is 1.55. The summed E-state index contributed by atoms with van der Waals surface area (Å²) >= 11 is 0. The predicted molar refractivity (Wildman–Crippen MR) is 61.9 cm³/mol. The van der Waals surface area contributed by atoms with Crippen molar-refractivity contribution in [2.75, 3.05) is 13.2 Å². The van der Waals surface area contributed by atoms with Crippen molar-refractivity contribution in [3.8, 4) is 0 Å². The van der Waals surface area contributed by atoms with Gasteiger partial charge in [0.2, 0.25) is 0 Å². The van der Waals surface area contributed by atoms with Crippen LogP contribution in [0.3, 0.4) is 0 Å². The van der Waals surface area contributed by atoms with Crippen LogP contribution in [0.5, 0.6) is 0 Å². The van der Waals surface area contributed by atoms with E-state index in [0.717, 1.165) is 25.9 Å². The topological polar surface area (TPSA) is 41.5 Å². The molecule has 0 radical (unpaired) electrons. The van der Waals surface area contributed by atoms with Gasteiger partial charge in [0.1, 0.15) is 0 Å². The molecule has 0 saturated carbocycles. The second kappa shape index (κ2) is 6.46. The molecule has 0 amide bonds. The van der Waals surface area contributed by atoms with Gasteiger partial charge in [-0.25, -0.2) is 0 Å². The van der Waals surface area contributed by atoms with E-state index < -0.39 is 0 Å². The first kappa shape index (κ1) is 12.9. The monoisotopic (exact) mass is 215 g/mol. The van der Waals surface area contributed by atoms with Crippen LogP contribution < -0.4 is 5.32 Å². The van der Waals surface area contributed by atoms with Gasteiger partial charge in [0, 0.05) is 25.3 Å². The maximum atomic E-state index is 9.07. The van der Waals surface area contributed by atoms with Crippen molar-refractivity contribution in [2.45, 2.75) is 58.2 Å². The van der Waals surface area contributed by atoms with Crippen LogP contribution in [-0.4, -0.2) is 36.5 Å². The number of aliphatic hydroxyl groups is 1. The first-order chi connectivity index (χ1) is 7.17. The average molecular weight is 215 g/mol. The van der Waals surface area contributed by atoms with Gasteiger partial charge < -0.3 is 15.2 Å². The normalized spacial score (nSPS) is 31.2. The molecule has 3 nitrogen and oxygen atoms in total. The average Bonchev–Trinajstić information content (AvgIpc) is 2.28. The summed E-state index contributed by atoms with van der Waals surface area (Å²) in [6, 6.07) is 0.948. The van der Waals surface area contributed by atoms with Crippen molar-refractivity contribution in [3.63, 3.8) is 0 Å². The Kier molecular flexibility index (Phi) is 5.58. The zero-order chi connectivity index (χ0) is 11.3. The van der Waals surface area contributed by atoms with E-state index in [1.54, 1.807) is 0 Å². The molecule has 1 aliphatic rings. The Morgan fingerprint density at radius 1 is 1.47 bits per heavy atom. The molecule has 1 fully saturated rings. The van der Waals surface area contributed by atoms with Crippen molar-refractivity contribution in [3.05, 3.63) is 0 Å². The summed E-state index contributed by atoms with van der Waals surface area (Å²) < 4.78 is 5.64. The van der Waals surface area contributed by atoms with Gasteiger partial charge in [0.25, 0.3) is 0 Å². The molecule has 0 spiro atoms. The highest BCUT2D eigenvalue weighted by Crippen LogP contribution is 2.17. The van der Waals surface area contributed by atoms with Crippen molar-refractivity contribution < 1.29 is 9.84 Å². The summed E-state index contributed by atoms with van der Waals surface area (Å²) in [5.74, 6) is 0.327. The Morgan fingerprint density at radius 2 is 2.20 bits per heavy atom. The summed E-state index contributed by atoms with van der Waals surface area (Å²) in [6.45, 7) is 7.53. The van der Waals surface area contributed by atoms with Gasteiger partial charge in [0.05, 0.1) is 6.10 Å². The third-order valence-electron chi connectivity index (χ3n) is 3.46. The number of hydrogen-bond donors (Lipinski definition) is 2. The first-order valence-electron chi connectivity index (χ1n) is 6.15. The van der Waals surface area contributed by atoms with E-state index in [9.17, 15) is 0 Å². The third-order valence-corrected chi connectivity index (χ3v) is 3.46. The molecule has 1 rings (SSSR count). The Hall–Kier alpha value is -0.120. The quantitative estimate of drug-likeness (QED) is 0.731. The van der Waals surface area contributed by atoms with Gasteiger partial charge in [-0.15, -0.1) is 0 Å². The molecule has 4 unspecified atom stereocenters. The fourth-order valence-corrected chi connectivity index (χ4v) is 2.01. The van der Waals surface area contributed by atoms with Gasteiger partial charge in [-0.3, -0.25) is 0 Å². The number of ether oxygens (including phenoxy) is 1. The van der Waals surface area contributed by atoms with E-state index in [4.69, 9.17) is 9.84 Å². The van der Waals surface area contributed by atoms with Crippen molar-refractivity contribution in [1.82, 2.24) is 5.32 Å². The minimum atomic E-state index is 0.259. The lowest BCUT2D eigenvalue weighted by atomic mass is 9.98. The molecule has 90 valence electrons. The Morgan fingerprint density at radius 3 is 2.80 bits per heavy atom. The highest BCUT2D eigenvalue weighted by Gasteiger charge is 2.23. The van der Waals surface area contributed by atoms with Crippen LogP contribution in [0.2, 0.25) is 0 Å². The molecule has 0 bridgehead atoms. The van der Waals surface area contributed by atoms with Crippen LogP contribution in [0.4, 0.5) is 0 Å². The van der Waals surface area contributed by atoms with E-state index in [1.165, 1.54) is 0 Å². The van der Waals surface area contributed by atoms with Crippen LogP contribution in [0.15, 0.2) is 0 Å². The maximum absolute atomic E-state index is 9.07. The second-order valence-corrected chi connectivity index (χ2v) is 4.74. The van der Waals surface area contributed by atoms with Gasteiger partial charge in [0.15, 0.2) is 0 Å². The fraction of sp³-hybridized carbons (Fsp3) is 1.00. The summed E-state index contributed by atoms with van der Waals surface area (Å²) in [4.78, 5) is 0. The first-order valence-corrected chi connectivity index (χ1v) is 6.15. The van der Waals surface area contributed by atoms with Gasteiger partial charge in [-0.2, -0.15) is 0 Å². The molecule has 0 aromatic rings. The minimum absolute atomic E-state index is 0.259. The van der Waals surface area contributed by atoms with Crippen molar-refractivity contribution in [1.29, 1.82) is 0 Å². The van der Waals surface area contributed by atoms with E-state index in [2.05, 4.69) is 26.1 Å². The lowest BCUT2D eigenvalue weighted by Crippen LogP contribution is -2.45. The van der Waals surface area contributed by atoms with E-state index >= 15 is 0 Å². The molecule has 0 aromatic heterocycles. The summed E-state index contributed by atoms with van der Waals surface area (Å²) in [5, 5.41) is 12.7.